The molecule has 0 aliphatic carbocycles. The summed E-state index contributed by atoms with van der Waals surface area (Å²) in [7, 11) is 0. The number of hydrogen-bond acceptors (Lipinski definition) is 0. The van der Waals surface area contributed by atoms with Gasteiger partial charge in [0.25, 0.3) is 0 Å². The molecule has 0 aliphatic rings. The molecule has 0 unspecified atom stereocenters. The van der Waals surface area contributed by atoms with E-state index < -0.39 is 0 Å². The van der Waals surface area contributed by atoms with Gasteiger partial charge in [-0.15, -0.1) is 0 Å². The fraction of sp³-hybridized carbons (Fsp3) is 0.434. The Labute approximate surface area is 332 Å². The summed E-state index contributed by atoms with van der Waals surface area (Å²) in [6.45, 7) is 45.4. The van der Waals surface area contributed by atoms with Gasteiger partial charge in [0.1, 0.15) is 0 Å². The van der Waals surface area contributed by atoms with E-state index >= 15 is 0 Å². The molecule has 0 aromatic heterocycles. The zero-order chi connectivity index (χ0) is 41.6. The molecule has 0 saturated heterocycles. The highest BCUT2D eigenvalue weighted by molar-refractivity contribution is 5.72. The maximum Gasteiger partial charge on any atom is -0.0187 e. The van der Waals surface area contributed by atoms with Crippen LogP contribution >= 0.6 is 0 Å². The third kappa shape index (κ3) is 29.3. The predicted octanol–water partition coefficient (Wildman–Crippen LogP) is 17.8. The fourth-order valence-corrected chi connectivity index (χ4v) is 4.27. The Kier molecular flexibility index (Phi) is 41.4. The van der Waals surface area contributed by atoms with E-state index in [9.17, 15) is 0 Å². The summed E-state index contributed by atoms with van der Waals surface area (Å²) >= 11 is 0. The molecule has 3 aromatic rings. The minimum absolute atomic E-state index is 0.979. The first kappa shape index (κ1) is 55.8. The van der Waals surface area contributed by atoms with Gasteiger partial charge in [-0.3, -0.25) is 0 Å². The van der Waals surface area contributed by atoms with Gasteiger partial charge in [-0.25, -0.2) is 0 Å². The Hall–Kier alpha value is -3.90. The van der Waals surface area contributed by atoms with Crippen LogP contribution in [-0.2, 0) is 12.8 Å². The molecule has 3 aromatic carbocycles. The van der Waals surface area contributed by atoms with Crippen molar-refractivity contribution < 1.29 is 0 Å². The summed E-state index contributed by atoms with van der Waals surface area (Å²) < 4.78 is 0. The Morgan fingerprint density at radius 2 is 1.17 bits per heavy atom. The first-order chi connectivity index (χ1) is 25.4. The van der Waals surface area contributed by atoms with Crippen LogP contribution in [0.5, 0.6) is 0 Å². The molecule has 0 heteroatoms. The maximum atomic E-state index is 4.33. The first-order valence-electron chi connectivity index (χ1n) is 20.6. The van der Waals surface area contributed by atoms with Crippen LogP contribution < -0.4 is 0 Å². The quantitative estimate of drug-likeness (QED) is 0.163. The smallest absolute Gasteiger partial charge is 0.0187 e. The molecule has 0 heterocycles. The van der Waals surface area contributed by atoms with Gasteiger partial charge < -0.3 is 0 Å². The molecular formula is C53H84. The van der Waals surface area contributed by atoms with Crippen molar-refractivity contribution in [1.29, 1.82) is 0 Å². The van der Waals surface area contributed by atoms with E-state index in [0.717, 1.165) is 24.0 Å². The number of benzene rings is 3. The van der Waals surface area contributed by atoms with Gasteiger partial charge in [-0.2, -0.15) is 0 Å². The van der Waals surface area contributed by atoms with E-state index in [1.165, 1.54) is 82.2 Å². The van der Waals surface area contributed by atoms with Crippen LogP contribution in [0.15, 0.2) is 128 Å². The average molecular weight is 721 g/mol. The Balaban J connectivity index is -0.000000363. The Morgan fingerprint density at radius 3 is 1.60 bits per heavy atom. The molecule has 0 atom stereocenters. The zero-order valence-electron chi connectivity index (χ0n) is 37.8. The second kappa shape index (κ2) is 39.3. The van der Waals surface area contributed by atoms with Crippen molar-refractivity contribution >= 4 is 11.1 Å². The summed E-state index contributed by atoms with van der Waals surface area (Å²) in [5, 5.41) is 0. The van der Waals surface area contributed by atoms with Crippen molar-refractivity contribution in [2.45, 2.75) is 156 Å². The monoisotopic (exact) mass is 721 g/mol. The lowest BCUT2D eigenvalue weighted by atomic mass is 9.94. The van der Waals surface area contributed by atoms with E-state index in [2.05, 4.69) is 147 Å². The molecule has 0 amide bonds. The molecule has 0 nitrogen and oxygen atoms in total. The van der Waals surface area contributed by atoms with Crippen LogP contribution in [-0.4, -0.2) is 0 Å². The minimum Gasteiger partial charge on any atom is -0.0958 e. The van der Waals surface area contributed by atoms with Crippen molar-refractivity contribution in [1.82, 2.24) is 0 Å². The van der Waals surface area contributed by atoms with Crippen LogP contribution in [0.1, 0.15) is 161 Å². The summed E-state index contributed by atoms with van der Waals surface area (Å²) in [6, 6.07) is 23.9. The van der Waals surface area contributed by atoms with Gasteiger partial charge in [-0.1, -0.05) is 204 Å². The topological polar surface area (TPSA) is 0 Å². The third-order valence-electron chi connectivity index (χ3n) is 8.07. The summed E-state index contributed by atoms with van der Waals surface area (Å²) in [5.74, 6) is 0. The van der Waals surface area contributed by atoms with Crippen molar-refractivity contribution in [3.8, 4) is 0 Å². The molecule has 0 radical (unpaired) electrons. The lowest BCUT2D eigenvalue weighted by Crippen LogP contribution is -1.94. The molecule has 0 fully saturated rings. The van der Waals surface area contributed by atoms with Gasteiger partial charge >= 0.3 is 0 Å². The molecule has 0 aliphatic heterocycles. The van der Waals surface area contributed by atoms with Crippen LogP contribution in [0.25, 0.3) is 11.1 Å². The van der Waals surface area contributed by atoms with Crippen molar-refractivity contribution in [3.63, 3.8) is 0 Å². The first-order valence-corrected chi connectivity index (χ1v) is 20.6. The van der Waals surface area contributed by atoms with Crippen molar-refractivity contribution in [3.05, 3.63) is 167 Å². The van der Waals surface area contributed by atoms with Crippen LogP contribution in [0, 0.1) is 20.8 Å². The second-order valence-electron chi connectivity index (χ2n) is 12.3. The minimum atomic E-state index is 0.979. The summed E-state index contributed by atoms with van der Waals surface area (Å²) in [4.78, 5) is 0. The fourth-order valence-electron chi connectivity index (χ4n) is 4.27. The molecule has 3 rings (SSSR count). The van der Waals surface area contributed by atoms with Crippen LogP contribution in [0.2, 0.25) is 0 Å². The summed E-state index contributed by atoms with van der Waals surface area (Å²) in [6.07, 6.45) is 18.5. The average Bonchev–Trinajstić information content (AvgIpc) is 3.19. The van der Waals surface area contributed by atoms with Gasteiger partial charge in [0.2, 0.25) is 0 Å². The molecule has 0 saturated carbocycles. The molecule has 0 bridgehead atoms. The van der Waals surface area contributed by atoms with E-state index in [4.69, 9.17) is 0 Å². The van der Waals surface area contributed by atoms with Crippen molar-refractivity contribution in [2.75, 3.05) is 0 Å². The highest BCUT2D eigenvalue weighted by Crippen LogP contribution is 2.24. The van der Waals surface area contributed by atoms with Crippen molar-refractivity contribution in [2.24, 2.45) is 0 Å². The van der Waals surface area contributed by atoms with E-state index in [-0.39, 0.29) is 0 Å². The van der Waals surface area contributed by atoms with E-state index in [1.54, 1.807) is 0 Å². The van der Waals surface area contributed by atoms with Crippen LogP contribution in [0.3, 0.4) is 0 Å². The highest BCUT2D eigenvalue weighted by atomic mass is 14.1. The normalized spacial score (nSPS) is 9.85. The molecule has 0 spiro atoms. The van der Waals surface area contributed by atoms with Crippen LogP contribution in [0.4, 0.5) is 0 Å². The number of unbranched alkanes of at least 4 members (excludes halogenated alkanes) is 2. The standard InChI is InChI=1S/C26H32.C9H14.C8H10.C4H10.3C2H6/c1-6-8-12-24-16-17-26(18-22(24)5)21(4)14-15-23-11-9-13-25(19-23)20(3)10-7-2;1-5-6-7-9(4)8(2)3;1-7-5-3-4-6-8(7)2;1-3-4-2;3*1-2/h7,9-11,13,16-19H,3-4,6,8,12,14-15H2,1-2,5H3;5-7H,2H2,1,3-4H3;3-6H,1-2H3;3-4H2,1-2H3;3*1-2H3/b10-7-;6-5-,9-7+;;;;;. The predicted molar refractivity (Wildman–Crippen MR) is 251 cm³/mol. The number of hydrogen-bond donors (Lipinski definition) is 0. The molecule has 0 N–H and O–H groups in total. The number of aryl methyl sites for hydroxylation is 5. The zero-order valence-corrected chi connectivity index (χ0v) is 37.8. The largest absolute Gasteiger partial charge is 0.0958 e. The molecular weight excluding hydrogens is 637 g/mol. The third-order valence-corrected chi connectivity index (χ3v) is 8.07. The maximum absolute atomic E-state index is 4.33. The van der Waals surface area contributed by atoms with Gasteiger partial charge in [0.05, 0.1) is 0 Å². The lowest BCUT2D eigenvalue weighted by molar-refractivity contribution is 0.791. The number of allylic oxidation sites excluding steroid dienone is 9. The van der Waals surface area contributed by atoms with Gasteiger partial charge in [-0.05, 0) is 130 Å². The molecule has 53 heavy (non-hydrogen) atoms. The van der Waals surface area contributed by atoms with E-state index in [0.29, 0.717) is 0 Å². The summed E-state index contributed by atoms with van der Waals surface area (Å²) in [5.41, 5.74) is 14.1. The SMILES string of the molecule is C=C(/C=C\C)c1cccc(CCC(=C)c2ccc(CCCC)c(C)c2)c1.C=C(C)/C(C)=C/C=C\C.CC.CC.CC.CCCC.Cc1ccccc1C. The van der Waals surface area contributed by atoms with E-state index in [1.807, 2.05) is 80.5 Å². The Morgan fingerprint density at radius 1 is 0.604 bits per heavy atom. The Bertz CT molecular complexity index is 1410. The lowest BCUT2D eigenvalue weighted by Gasteiger charge is -2.11. The van der Waals surface area contributed by atoms with Gasteiger partial charge in [0.15, 0.2) is 0 Å². The second-order valence-corrected chi connectivity index (χ2v) is 12.3. The number of rotatable bonds is 12. The molecule has 296 valence electrons. The van der Waals surface area contributed by atoms with Gasteiger partial charge in [0, 0.05) is 0 Å². The highest BCUT2D eigenvalue weighted by Gasteiger charge is 2.05.